The average Bonchev–Trinajstić information content (AvgIpc) is 3.47. The van der Waals surface area contributed by atoms with E-state index in [1.807, 2.05) is 55.5 Å². The maximum absolute atomic E-state index is 13.2. The monoisotopic (exact) mass is 460 g/mol. The number of carboxylic acid groups (broad SMARTS) is 1. The number of benzene rings is 2. The lowest BCUT2D eigenvalue weighted by Gasteiger charge is -2.10. The summed E-state index contributed by atoms with van der Waals surface area (Å²) in [6.07, 6.45) is 2.98. The fraction of sp³-hybridized carbons (Fsp3) is 0.320. The van der Waals surface area contributed by atoms with Gasteiger partial charge in [0.15, 0.2) is 11.5 Å². The van der Waals surface area contributed by atoms with Gasteiger partial charge in [0, 0.05) is 12.1 Å². The third-order valence-electron chi connectivity index (χ3n) is 5.88. The van der Waals surface area contributed by atoms with Crippen molar-refractivity contribution in [1.82, 2.24) is 29.8 Å². The molecule has 9 nitrogen and oxygen atoms in total. The number of imidazole rings is 1. The number of rotatable bonds is 10. The van der Waals surface area contributed by atoms with Crippen LogP contribution in [-0.4, -0.2) is 40.8 Å². The third-order valence-corrected chi connectivity index (χ3v) is 5.88. The molecule has 0 atom stereocenters. The van der Waals surface area contributed by atoms with Crippen molar-refractivity contribution in [2.45, 2.75) is 52.6 Å². The lowest BCUT2D eigenvalue weighted by molar-refractivity contribution is 0.0683. The first-order valence-electron chi connectivity index (χ1n) is 11.5. The number of carboxylic acids is 1. The number of tetrazole rings is 1. The van der Waals surface area contributed by atoms with Crippen molar-refractivity contribution in [3.63, 3.8) is 0 Å². The zero-order valence-electron chi connectivity index (χ0n) is 19.4. The first-order valence-corrected chi connectivity index (χ1v) is 11.5. The molecule has 0 fully saturated rings. The lowest BCUT2D eigenvalue weighted by Crippen LogP contribution is -2.26. The minimum atomic E-state index is -1.05. The van der Waals surface area contributed by atoms with Crippen LogP contribution in [0.25, 0.3) is 22.5 Å². The van der Waals surface area contributed by atoms with Crippen molar-refractivity contribution >= 4 is 5.97 Å². The number of hydrogen-bond acceptors (Lipinski definition) is 5. The summed E-state index contributed by atoms with van der Waals surface area (Å²) in [7, 11) is 0. The Hall–Kier alpha value is -4.01. The predicted octanol–water partition coefficient (Wildman–Crippen LogP) is 4.00. The molecule has 2 aromatic heterocycles. The number of hydrogen-bond donors (Lipinski definition) is 2. The Morgan fingerprint density at radius 3 is 2.35 bits per heavy atom. The maximum atomic E-state index is 13.2. The summed E-state index contributed by atoms with van der Waals surface area (Å²) in [5.41, 5.74) is 4.23. The minimum absolute atomic E-state index is 0.117. The number of carbonyl (C=O) groups is 1. The molecule has 2 N–H and O–H groups in total. The Morgan fingerprint density at radius 2 is 1.74 bits per heavy atom. The van der Waals surface area contributed by atoms with Gasteiger partial charge in [-0.15, -0.1) is 5.10 Å². The van der Waals surface area contributed by atoms with E-state index in [1.54, 1.807) is 4.57 Å². The van der Waals surface area contributed by atoms with Crippen LogP contribution in [0.15, 0.2) is 53.3 Å². The second-order valence-electron chi connectivity index (χ2n) is 8.22. The van der Waals surface area contributed by atoms with E-state index in [0.717, 1.165) is 35.1 Å². The van der Waals surface area contributed by atoms with E-state index in [0.29, 0.717) is 37.4 Å². The van der Waals surface area contributed by atoms with Crippen LogP contribution in [0.2, 0.25) is 0 Å². The summed E-state index contributed by atoms with van der Waals surface area (Å²) in [4.78, 5) is 25.2. The van der Waals surface area contributed by atoms with E-state index in [9.17, 15) is 14.7 Å². The SMILES string of the molecule is CCCCc1c(C(=O)O)n(CCC)c(=O)n1Cc1ccc(-c2ccccc2-c2nnn[nH]2)cc1. The molecule has 0 aliphatic rings. The van der Waals surface area contributed by atoms with Gasteiger partial charge in [-0.1, -0.05) is 68.8 Å². The Balaban J connectivity index is 1.69. The summed E-state index contributed by atoms with van der Waals surface area (Å²) >= 11 is 0. The molecule has 2 heterocycles. The number of nitrogens with zero attached hydrogens (tertiary/aromatic N) is 5. The van der Waals surface area contributed by atoms with Gasteiger partial charge in [-0.3, -0.25) is 9.13 Å². The molecule has 4 rings (SSSR count). The molecule has 9 heteroatoms. The number of nitrogens with one attached hydrogen (secondary N) is 1. The quantitative estimate of drug-likeness (QED) is 0.369. The van der Waals surface area contributed by atoms with E-state index < -0.39 is 5.97 Å². The number of aromatic nitrogens is 6. The third kappa shape index (κ3) is 4.54. The van der Waals surface area contributed by atoms with Crippen molar-refractivity contribution in [2.75, 3.05) is 0 Å². The van der Waals surface area contributed by atoms with Gasteiger partial charge in [0.2, 0.25) is 0 Å². The molecule has 2 aromatic carbocycles. The van der Waals surface area contributed by atoms with Crippen LogP contribution >= 0.6 is 0 Å². The number of H-pyrrole nitrogens is 1. The Labute approximate surface area is 197 Å². The Bertz CT molecular complexity index is 1320. The summed E-state index contributed by atoms with van der Waals surface area (Å²) in [6, 6.07) is 15.8. The number of aromatic carboxylic acids is 1. The largest absolute Gasteiger partial charge is 0.477 e. The molecule has 0 aliphatic carbocycles. The highest BCUT2D eigenvalue weighted by Crippen LogP contribution is 2.30. The van der Waals surface area contributed by atoms with E-state index in [4.69, 9.17) is 0 Å². The van der Waals surface area contributed by atoms with Gasteiger partial charge in [0.1, 0.15) is 0 Å². The van der Waals surface area contributed by atoms with Gasteiger partial charge in [-0.2, -0.15) is 0 Å². The summed E-state index contributed by atoms with van der Waals surface area (Å²) < 4.78 is 3.03. The minimum Gasteiger partial charge on any atom is -0.477 e. The molecule has 0 bridgehead atoms. The smallest absolute Gasteiger partial charge is 0.354 e. The van der Waals surface area contributed by atoms with Crippen LogP contribution in [0.3, 0.4) is 0 Å². The molecule has 0 radical (unpaired) electrons. The fourth-order valence-electron chi connectivity index (χ4n) is 4.26. The van der Waals surface area contributed by atoms with Crippen LogP contribution in [-0.2, 0) is 19.5 Å². The average molecular weight is 461 g/mol. The van der Waals surface area contributed by atoms with Gasteiger partial charge in [0.05, 0.1) is 12.2 Å². The van der Waals surface area contributed by atoms with E-state index >= 15 is 0 Å². The molecular weight excluding hydrogens is 432 g/mol. The number of unbranched alkanes of at least 4 members (excludes halogenated alkanes) is 1. The Kier molecular flexibility index (Phi) is 7.01. The predicted molar refractivity (Wildman–Crippen MR) is 129 cm³/mol. The molecule has 0 aliphatic heterocycles. The van der Waals surface area contributed by atoms with Gasteiger partial charge in [-0.05, 0) is 46.4 Å². The van der Waals surface area contributed by atoms with Crippen LogP contribution in [0.5, 0.6) is 0 Å². The summed E-state index contributed by atoms with van der Waals surface area (Å²) in [6.45, 7) is 4.70. The van der Waals surface area contributed by atoms with Crippen molar-refractivity contribution in [3.05, 3.63) is 76.0 Å². The van der Waals surface area contributed by atoms with Crippen molar-refractivity contribution in [3.8, 4) is 22.5 Å². The highest BCUT2D eigenvalue weighted by Gasteiger charge is 2.24. The zero-order valence-corrected chi connectivity index (χ0v) is 19.4. The van der Waals surface area contributed by atoms with Crippen LogP contribution < -0.4 is 5.69 Å². The molecule has 0 unspecified atom stereocenters. The molecule has 0 saturated heterocycles. The standard InChI is InChI=1S/C25H28N6O3/c1-3-5-10-21-22(24(32)33)30(15-4-2)25(34)31(21)16-17-11-13-18(14-12-17)19-8-6-7-9-20(19)23-26-28-29-27-23/h6-9,11-14H,3-5,10,15-16H2,1-2H3,(H,32,33)(H,26,27,28,29). The summed E-state index contributed by atoms with van der Waals surface area (Å²) in [5.74, 6) is -0.463. The van der Waals surface area contributed by atoms with Gasteiger partial charge >= 0.3 is 11.7 Å². The van der Waals surface area contributed by atoms with Crippen molar-refractivity contribution in [2.24, 2.45) is 0 Å². The summed E-state index contributed by atoms with van der Waals surface area (Å²) in [5, 5.41) is 24.0. The lowest BCUT2D eigenvalue weighted by atomic mass is 9.98. The normalized spacial score (nSPS) is 11.1. The molecule has 0 spiro atoms. The topological polar surface area (TPSA) is 119 Å². The van der Waals surface area contributed by atoms with Crippen LogP contribution in [0.1, 0.15) is 54.9 Å². The Morgan fingerprint density at radius 1 is 1.00 bits per heavy atom. The van der Waals surface area contributed by atoms with Crippen LogP contribution in [0, 0.1) is 0 Å². The highest BCUT2D eigenvalue weighted by molar-refractivity contribution is 5.87. The zero-order chi connectivity index (χ0) is 24.1. The first kappa shape index (κ1) is 23.2. The molecular formula is C25H28N6O3. The van der Waals surface area contributed by atoms with Gasteiger partial charge < -0.3 is 5.11 Å². The maximum Gasteiger partial charge on any atom is 0.354 e. The molecule has 0 saturated carbocycles. The second-order valence-corrected chi connectivity index (χ2v) is 8.22. The van der Waals surface area contributed by atoms with Crippen molar-refractivity contribution < 1.29 is 9.90 Å². The molecule has 4 aromatic rings. The van der Waals surface area contributed by atoms with E-state index in [1.165, 1.54) is 4.57 Å². The van der Waals surface area contributed by atoms with Crippen molar-refractivity contribution in [1.29, 1.82) is 0 Å². The van der Waals surface area contributed by atoms with Gasteiger partial charge in [-0.25, -0.2) is 14.7 Å². The molecule has 176 valence electrons. The fourth-order valence-corrected chi connectivity index (χ4v) is 4.26. The van der Waals surface area contributed by atoms with E-state index in [-0.39, 0.29) is 11.4 Å². The molecule has 0 amide bonds. The highest BCUT2D eigenvalue weighted by atomic mass is 16.4. The van der Waals surface area contributed by atoms with Crippen LogP contribution in [0.4, 0.5) is 0 Å². The number of aromatic amines is 1. The van der Waals surface area contributed by atoms with Gasteiger partial charge in [0.25, 0.3) is 0 Å². The van der Waals surface area contributed by atoms with E-state index in [2.05, 4.69) is 27.5 Å². The first-order chi connectivity index (χ1) is 16.5. The second kappa shape index (κ2) is 10.3. The molecule has 34 heavy (non-hydrogen) atoms.